The third-order valence-electron chi connectivity index (χ3n) is 5.64. The van der Waals surface area contributed by atoms with E-state index in [-0.39, 0.29) is 21.9 Å². The summed E-state index contributed by atoms with van der Waals surface area (Å²) in [6, 6.07) is 11.2. The first-order valence-electron chi connectivity index (χ1n) is 11.0. The van der Waals surface area contributed by atoms with Crippen molar-refractivity contribution in [1.29, 1.82) is 0 Å². The molecule has 0 fully saturated rings. The van der Waals surface area contributed by atoms with Crippen molar-refractivity contribution in [3.05, 3.63) is 86.3 Å². The molecule has 1 aliphatic rings. The molecule has 1 heterocycles. The Morgan fingerprint density at radius 3 is 2.47 bits per heavy atom. The van der Waals surface area contributed by atoms with Crippen LogP contribution in [0.25, 0.3) is 0 Å². The number of methoxy groups -OCH3 is 1. The van der Waals surface area contributed by atoms with Crippen LogP contribution < -0.4 is 21.0 Å². The van der Waals surface area contributed by atoms with Gasteiger partial charge < -0.3 is 9.15 Å². The van der Waals surface area contributed by atoms with Gasteiger partial charge in [-0.1, -0.05) is 35.3 Å². The number of hydrogen-bond acceptors (Lipinski definition) is 6. The van der Waals surface area contributed by atoms with Gasteiger partial charge in [0.15, 0.2) is 5.76 Å². The smallest absolute Gasteiger partial charge is 0.305 e. The number of fused-ring (bicyclic) bond motifs is 1. The summed E-state index contributed by atoms with van der Waals surface area (Å²) in [7, 11) is 1.45. The minimum Gasteiger partial charge on any atom is -0.496 e. The highest BCUT2D eigenvalue weighted by Crippen LogP contribution is 2.30. The maximum Gasteiger partial charge on any atom is 0.305 e. The van der Waals surface area contributed by atoms with Gasteiger partial charge in [0.05, 0.1) is 29.0 Å². The molecular formula is C25H22Cl2N4O5. The van der Waals surface area contributed by atoms with Gasteiger partial charge in [-0.3, -0.25) is 25.2 Å². The lowest BCUT2D eigenvalue weighted by molar-refractivity contribution is 0.0827. The molecule has 9 nitrogen and oxygen atoms in total. The average Bonchev–Trinajstić information content (AvgIpc) is 3.22. The molecule has 3 N–H and O–H groups in total. The average molecular weight is 529 g/mol. The minimum atomic E-state index is -0.624. The molecule has 2 aromatic carbocycles. The van der Waals surface area contributed by atoms with Crippen LogP contribution in [0, 0.1) is 6.92 Å². The standard InChI is InChI=1S/C25H22Cl2N4O5/c1-13-21-18(28-29-23(32)15-11-10-14(26)12-17(15)27)7-5-9-20(21)36-22(13)25(34)31-30-24(33)16-6-3-4-8-19(16)35-2/h3-4,6,8,10-12H,5,7,9H2,1-2H3,(H,29,32)(H,30,33)(H,31,34)/b28-18+. The number of halogens is 2. The van der Waals surface area contributed by atoms with Crippen LogP contribution in [-0.2, 0) is 6.42 Å². The van der Waals surface area contributed by atoms with Gasteiger partial charge in [-0.15, -0.1) is 0 Å². The van der Waals surface area contributed by atoms with E-state index in [0.29, 0.717) is 46.2 Å². The zero-order valence-electron chi connectivity index (χ0n) is 19.4. The van der Waals surface area contributed by atoms with Crippen molar-refractivity contribution in [3.8, 4) is 5.75 Å². The Balaban J connectivity index is 1.49. The summed E-state index contributed by atoms with van der Waals surface area (Å²) in [5.74, 6) is -0.660. The number of aryl methyl sites for hydroxylation is 1. The van der Waals surface area contributed by atoms with Crippen LogP contribution in [0.4, 0.5) is 0 Å². The quantitative estimate of drug-likeness (QED) is 0.422. The topological polar surface area (TPSA) is 122 Å². The second-order valence-corrected chi connectivity index (χ2v) is 8.78. The third kappa shape index (κ3) is 5.22. The first-order chi connectivity index (χ1) is 17.3. The number of nitrogens with zero attached hydrogens (tertiary/aromatic N) is 1. The van der Waals surface area contributed by atoms with Gasteiger partial charge in [-0.25, -0.2) is 5.43 Å². The lowest BCUT2D eigenvalue weighted by Gasteiger charge is -2.13. The van der Waals surface area contributed by atoms with Crippen molar-refractivity contribution >= 4 is 46.6 Å². The van der Waals surface area contributed by atoms with E-state index in [1.165, 1.54) is 19.2 Å². The van der Waals surface area contributed by atoms with Crippen molar-refractivity contribution in [1.82, 2.24) is 16.3 Å². The largest absolute Gasteiger partial charge is 0.496 e. The zero-order valence-corrected chi connectivity index (χ0v) is 20.9. The molecule has 1 aromatic heterocycles. The maximum atomic E-state index is 12.8. The zero-order chi connectivity index (χ0) is 25.8. The molecule has 0 bridgehead atoms. The van der Waals surface area contributed by atoms with Crippen molar-refractivity contribution in [2.24, 2.45) is 5.10 Å². The molecule has 0 spiro atoms. The normalized spacial score (nSPS) is 13.6. The minimum absolute atomic E-state index is 0.0435. The number of hydrazone groups is 1. The van der Waals surface area contributed by atoms with E-state index in [4.69, 9.17) is 32.4 Å². The first kappa shape index (κ1) is 25.3. The summed E-state index contributed by atoms with van der Waals surface area (Å²) >= 11 is 12.0. The summed E-state index contributed by atoms with van der Waals surface area (Å²) in [4.78, 5) is 37.9. The molecule has 0 radical (unpaired) electrons. The number of carbonyl (C=O) groups is 3. The molecule has 1 aliphatic carbocycles. The highest BCUT2D eigenvalue weighted by atomic mass is 35.5. The fraction of sp³-hybridized carbons (Fsp3) is 0.200. The SMILES string of the molecule is COc1ccccc1C(=O)NNC(=O)c1oc2c(c1C)/C(=N/NC(=O)c1ccc(Cl)cc1Cl)CCC2. The molecule has 0 aliphatic heterocycles. The Kier molecular flexibility index (Phi) is 7.61. The Morgan fingerprint density at radius 1 is 0.972 bits per heavy atom. The lowest BCUT2D eigenvalue weighted by atomic mass is 9.93. The van der Waals surface area contributed by atoms with Gasteiger partial charge in [-0.05, 0) is 50.1 Å². The molecule has 3 amide bonds. The molecule has 36 heavy (non-hydrogen) atoms. The van der Waals surface area contributed by atoms with E-state index in [2.05, 4.69) is 21.4 Å². The number of rotatable bonds is 5. The number of furan rings is 1. The summed E-state index contributed by atoms with van der Waals surface area (Å²) in [5.41, 5.74) is 9.54. The van der Waals surface area contributed by atoms with Crippen molar-refractivity contribution in [2.75, 3.05) is 7.11 Å². The Hall–Kier alpha value is -3.82. The third-order valence-corrected chi connectivity index (χ3v) is 6.19. The highest BCUT2D eigenvalue weighted by Gasteiger charge is 2.28. The number of para-hydroxylation sites is 1. The predicted octanol–water partition coefficient (Wildman–Crippen LogP) is 4.45. The van der Waals surface area contributed by atoms with E-state index in [0.717, 1.165) is 6.42 Å². The predicted molar refractivity (Wildman–Crippen MR) is 135 cm³/mol. The van der Waals surface area contributed by atoms with Crippen molar-refractivity contribution in [2.45, 2.75) is 26.2 Å². The van der Waals surface area contributed by atoms with Crippen LogP contribution in [0.5, 0.6) is 5.75 Å². The van der Waals surface area contributed by atoms with E-state index in [9.17, 15) is 14.4 Å². The molecule has 3 aromatic rings. The summed E-state index contributed by atoms with van der Waals surface area (Å²) in [5, 5.41) is 4.90. The van der Waals surface area contributed by atoms with Crippen molar-refractivity contribution < 1.29 is 23.5 Å². The van der Waals surface area contributed by atoms with Crippen LogP contribution in [0.2, 0.25) is 10.0 Å². The number of amides is 3. The van der Waals surface area contributed by atoms with Gasteiger partial charge in [0.1, 0.15) is 11.5 Å². The van der Waals surface area contributed by atoms with E-state index < -0.39 is 17.7 Å². The first-order valence-corrected chi connectivity index (χ1v) is 11.7. The molecule has 11 heteroatoms. The number of carbonyl (C=O) groups excluding carboxylic acids is 3. The van der Waals surface area contributed by atoms with Crippen LogP contribution in [-0.4, -0.2) is 30.5 Å². The van der Waals surface area contributed by atoms with Gasteiger partial charge >= 0.3 is 5.91 Å². The molecule has 0 saturated heterocycles. The fourth-order valence-corrected chi connectivity index (χ4v) is 4.41. The number of benzene rings is 2. The molecule has 0 saturated carbocycles. The monoisotopic (exact) mass is 528 g/mol. The van der Waals surface area contributed by atoms with Gasteiger partial charge in [-0.2, -0.15) is 5.10 Å². The van der Waals surface area contributed by atoms with E-state index in [1.807, 2.05) is 0 Å². The second-order valence-electron chi connectivity index (χ2n) is 7.94. The number of nitrogens with one attached hydrogen (secondary N) is 3. The van der Waals surface area contributed by atoms with Crippen LogP contribution >= 0.6 is 23.2 Å². The van der Waals surface area contributed by atoms with Gasteiger partial charge in [0.2, 0.25) is 0 Å². The van der Waals surface area contributed by atoms with Gasteiger partial charge in [0.25, 0.3) is 11.8 Å². The molecular weight excluding hydrogens is 507 g/mol. The molecule has 0 atom stereocenters. The summed E-state index contributed by atoms with van der Waals surface area (Å²) < 4.78 is 11.0. The Morgan fingerprint density at radius 2 is 1.72 bits per heavy atom. The van der Waals surface area contributed by atoms with Gasteiger partial charge in [0, 0.05) is 22.6 Å². The van der Waals surface area contributed by atoms with Crippen LogP contribution in [0.15, 0.2) is 52.0 Å². The lowest BCUT2D eigenvalue weighted by Crippen LogP contribution is -2.41. The number of hydrogen-bond donors (Lipinski definition) is 3. The maximum absolute atomic E-state index is 12.8. The molecule has 186 valence electrons. The number of ether oxygens (including phenoxy) is 1. The fourth-order valence-electron chi connectivity index (χ4n) is 3.92. The van der Waals surface area contributed by atoms with E-state index >= 15 is 0 Å². The summed E-state index contributed by atoms with van der Waals surface area (Å²) in [6.07, 6.45) is 1.91. The Labute approximate surface area is 216 Å². The molecule has 0 unspecified atom stereocenters. The van der Waals surface area contributed by atoms with Crippen molar-refractivity contribution in [3.63, 3.8) is 0 Å². The number of hydrazine groups is 1. The van der Waals surface area contributed by atoms with Crippen LogP contribution in [0.1, 0.15) is 61.0 Å². The highest BCUT2D eigenvalue weighted by molar-refractivity contribution is 6.36. The molecule has 4 rings (SSSR count). The van der Waals surface area contributed by atoms with E-state index in [1.54, 1.807) is 37.3 Å². The second kappa shape index (κ2) is 10.8. The Bertz CT molecular complexity index is 1380. The summed E-state index contributed by atoms with van der Waals surface area (Å²) in [6.45, 7) is 1.72. The van der Waals surface area contributed by atoms with Crippen LogP contribution in [0.3, 0.4) is 0 Å².